The maximum Gasteiger partial charge on any atom is 0.0731 e. The monoisotopic (exact) mass is 287 g/mol. The molecule has 0 radical (unpaired) electrons. The Bertz CT molecular complexity index is 571. The number of piperazine rings is 1. The van der Waals surface area contributed by atoms with E-state index < -0.39 is 0 Å². The summed E-state index contributed by atoms with van der Waals surface area (Å²) in [6.07, 6.45) is 3.04. The van der Waals surface area contributed by atoms with Gasteiger partial charge in [0, 0.05) is 53.9 Å². The zero-order chi connectivity index (χ0) is 13.9. The normalized spacial score (nSPS) is 16.6. The molecule has 0 bridgehead atoms. The lowest BCUT2D eigenvalue weighted by Gasteiger charge is -2.34. The van der Waals surface area contributed by atoms with Crippen LogP contribution in [0, 0.1) is 0 Å². The van der Waals surface area contributed by atoms with Crippen LogP contribution < -0.4 is 4.90 Å². The van der Waals surface area contributed by atoms with Gasteiger partial charge in [-0.1, -0.05) is 6.92 Å². The van der Waals surface area contributed by atoms with Gasteiger partial charge in [0.15, 0.2) is 0 Å². The molecule has 1 aliphatic heterocycles. The van der Waals surface area contributed by atoms with Gasteiger partial charge in [0.2, 0.25) is 0 Å². The Balaban J connectivity index is 1.82. The molecule has 3 rings (SSSR count). The molecule has 0 atom stereocenters. The predicted molar refractivity (Wildman–Crippen MR) is 86.6 cm³/mol. The van der Waals surface area contributed by atoms with E-state index in [2.05, 4.69) is 52.3 Å². The number of nitrogens with zero attached hydrogens (tertiary/aromatic N) is 3. The number of aromatic nitrogens is 1. The number of anilines is 1. The summed E-state index contributed by atoms with van der Waals surface area (Å²) in [5.41, 5.74) is 3.65. The van der Waals surface area contributed by atoms with E-state index in [1.807, 2.05) is 17.5 Å². The molecule has 0 spiro atoms. The fourth-order valence-corrected chi connectivity index (χ4v) is 3.37. The summed E-state index contributed by atoms with van der Waals surface area (Å²) in [4.78, 5) is 10.8. The van der Waals surface area contributed by atoms with Gasteiger partial charge in [-0.2, -0.15) is 0 Å². The smallest absolute Gasteiger partial charge is 0.0731 e. The van der Waals surface area contributed by atoms with Gasteiger partial charge in [-0.25, -0.2) is 0 Å². The Morgan fingerprint density at radius 3 is 2.70 bits per heavy atom. The van der Waals surface area contributed by atoms with Crippen LogP contribution >= 0.6 is 11.3 Å². The molecule has 3 heterocycles. The fourth-order valence-electron chi connectivity index (χ4n) is 2.54. The highest BCUT2D eigenvalue weighted by molar-refractivity contribution is 7.10. The van der Waals surface area contributed by atoms with E-state index in [4.69, 9.17) is 0 Å². The fraction of sp³-hybridized carbons (Fsp3) is 0.438. The van der Waals surface area contributed by atoms with Crippen molar-refractivity contribution in [2.75, 3.05) is 38.1 Å². The topological polar surface area (TPSA) is 19.4 Å². The highest BCUT2D eigenvalue weighted by atomic mass is 32.1. The number of aryl methyl sites for hydroxylation is 1. The van der Waals surface area contributed by atoms with Gasteiger partial charge in [-0.3, -0.25) is 4.98 Å². The molecule has 106 valence electrons. The molecule has 1 fully saturated rings. The Morgan fingerprint density at radius 2 is 2.00 bits per heavy atom. The van der Waals surface area contributed by atoms with Gasteiger partial charge in [-0.05, 0) is 31.7 Å². The summed E-state index contributed by atoms with van der Waals surface area (Å²) in [6.45, 7) is 6.67. The predicted octanol–water partition coefficient (Wildman–Crippen LogP) is 3.12. The zero-order valence-corrected chi connectivity index (χ0v) is 13.0. The molecule has 2 aromatic rings. The lowest BCUT2D eigenvalue weighted by Crippen LogP contribution is -2.44. The van der Waals surface area contributed by atoms with Crippen LogP contribution in [0.5, 0.6) is 0 Å². The van der Waals surface area contributed by atoms with Crippen molar-refractivity contribution in [3.63, 3.8) is 0 Å². The van der Waals surface area contributed by atoms with E-state index in [0.717, 1.165) is 38.3 Å². The first-order valence-corrected chi connectivity index (χ1v) is 8.11. The molecular formula is C16H21N3S. The van der Waals surface area contributed by atoms with Gasteiger partial charge in [-0.15, -0.1) is 11.3 Å². The van der Waals surface area contributed by atoms with Gasteiger partial charge < -0.3 is 9.80 Å². The van der Waals surface area contributed by atoms with Gasteiger partial charge in [0.05, 0.1) is 5.69 Å². The van der Waals surface area contributed by atoms with Crippen LogP contribution in [0.4, 0.5) is 5.69 Å². The highest BCUT2D eigenvalue weighted by Crippen LogP contribution is 2.27. The minimum Gasteiger partial charge on any atom is -0.369 e. The van der Waals surface area contributed by atoms with Crippen molar-refractivity contribution in [1.82, 2.24) is 9.88 Å². The third-order valence-electron chi connectivity index (χ3n) is 3.91. The molecule has 0 N–H and O–H groups in total. The van der Waals surface area contributed by atoms with E-state index >= 15 is 0 Å². The third kappa shape index (κ3) is 2.86. The van der Waals surface area contributed by atoms with Crippen molar-refractivity contribution in [1.29, 1.82) is 0 Å². The molecule has 0 saturated carbocycles. The standard InChI is InChI=1S/C16H21N3S/c1-3-15-10-13(12-20-15)16-11-14(4-5-17-16)19-8-6-18(2)7-9-19/h4-5,10-12H,3,6-9H2,1-2H3. The lowest BCUT2D eigenvalue weighted by molar-refractivity contribution is 0.313. The quantitative estimate of drug-likeness (QED) is 0.864. The van der Waals surface area contributed by atoms with E-state index in [0.29, 0.717) is 0 Å². The molecule has 4 heteroatoms. The van der Waals surface area contributed by atoms with Crippen LogP contribution in [-0.4, -0.2) is 43.1 Å². The molecule has 1 saturated heterocycles. The summed E-state index contributed by atoms with van der Waals surface area (Å²) in [5, 5.41) is 2.22. The number of rotatable bonds is 3. The van der Waals surface area contributed by atoms with Gasteiger partial charge >= 0.3 is 0 Å². The first kappa shape index (κ1) is 13.6. The van der Waals surface area contributed by atoms with Crippen LogP contribution in [0.2, 0.25) is 0 Å². The van der Waals surface area contributed by atoms with E-state index in [1.165, 1.54) is 16.1 Å². The molecular weight excluding hydrogens is 266 g/mol. The Kier molecular flexibility index (Phi) is 4.03. The zero-order valence-electron chi connectivity index (χ0n) is 12.2. The van der Waals surface area contributed by atoms with Crippen molar-refractivity contribution < 1.29 is 0 Å². The number of hydrogen-bond donors (Lipinski definition) is 0. The van der Waals surface area contributed by atoms with E-state index in [1.54, 1.807) is 0 Å². The molecule has 3 nitrogen and oxygen atoms in total. The molecule has 0 aliphatic carbocycles. The second-order valence-electron chi connectivity index (χ2n) is 5.34. The average Bonchev–Trinajstić information content (AvgIpc) is 2.97. The molecule has 0 aromatic carbocycles. The Morgan fingerprint density at radius 1 is 1.20 bits per heavy atom. The molecule has 1 aliphatic rings. The highest BCUT2D eigenvalue weighted by Gasteiger charge is 2.15. The van der Waals surface area contributed by atoms with Crippen LogP contribution in [-0.2, 0) is 6.42 Å². The van der Waals surface area contributed by atoms with E-state index in [9.17, 15) is 0 Å². The summed E-state index contributed by atoms with van der Waals surface area (Å²) < 4.78 is 0. The van der Waals surface area contributed by atoms with Crippen molar-refractivity contribution >= 4 is 17.0 Å². The largest absolute Gasteiger partial charge is 0.369 e. The Hall–Kier alpha value is -1.39. The van der Waals surface area contributed by atoms with Gasteiger partial charge in [0.25, 0.3) is 0 Å². The number of likely N-dealkylation sites (N-methyl/N-ethyl adjacent to an activating group) is 1. The minimum atomic E-state index is 1.09. The summed E-state index contributed by atoms with van der Waals surface area (Å²) in [6, 6.07) is 6.62. The summed E-state index contributed by atoms with van der Waals surface area (Å²) >= 11 is 1.83. The van der Waals surface area contributed by atoms with Crippen molar-refractivity contribution in [2.24, 2.45) is 0 Å². The number of hydrogen-bond acceptors (Lipinski definition) is 4. The first-order chi connectivity index (χ1) is 9.76. The summed E-state index contributed by atoms with van der Waals surface area (Å²) in [5.74, 6) is 0. The van der Waals surface area contributed by atoms with E-state index in [-0.39, 0.29) is 0 Å². The van der Waals surface area contributed by atoms with Crippen LogP contribution in [0.25, 0.3) is 11.3 Å². The lowest BCUT2D eigenvalue weighted by atomic mass is 10.1. The maximum absolute atomic E-state index is 4.54. The molecule has 2 aromatic heterocycles. The molecule has 20 heavy (non-hydrogen) atoms. The van der Waals surface area contributed by atoms with Gasteiger partial charge in [0.1, 0.15) is 0 Å². The second kappa shape index (κ2) is 5.94. The Labute approximate surface area is 124 Å². The molecule has 0 unspecified atom stereocenters. The SMILES string of the molecule is CCc1cc(-c2cc(N3CCN(C)CC3)ccn2)cs1. The second-order valence-corrected chi connectivity index (χ2v) is 6.34. The number of pyridine rings is 1. The van der Waals surface area contributed by atoms with Crippen molar-refractivity contribution in [3.05, 3.63) is 34.7 Å². The number of thiophene rings is 1. The minimum absolute atomic E-state index is 1.09. The molecule has 0 amide bonds. The maximum atomic E-state index is 4.54. The third-order valence-corrected chi connectivity index (χ3v) is 4.99. The van der Waals surface area contributed by atoms with Crippen molar-refractivity contribution in [3.8, 4) is 11.3 Å². The summed E-state index contributed by atoms with van der Waals surface area (Å²) in [7, 11) is 2.19. The van der Waals surface area contributed by atoms with Crippen LogP contribution in [0.1, 0.15) is 11.8 Å². The van der Waals surface area contributed by atoms with Crippen LogP contribution in [0.3, 0.4) is 0 Å². The average molecular weight is 287 g/mol. The van der Waals surface area contributed by atoms with Crippen LogP contribution in [0.15, 0.2) is 29.8 Å². The van der Waals surface area contributed by atoms with Crippen molar-refractivity contribution in [2.45, 2.75) is 13.3 Å². The first-order valence-electron chi connectivity index (χ1n) is 7.23.